The van der Waals surface area contributed by atoms with E-state index in [-0.39, 0.29) is 11.9 Å². The summed E-state index contributed by atoms with van der Waals surface area (Å²) >= 11 is 0. The summed E-state index contributed by atoms with van der Waals surface area (Å²) in [6, 6.07) is 7.88. The number of piperidine rings is 1. The van der Waals surface area contributed by atoms with Crippen LogP contribution in [0, 0.1) is 0 Å². The number of hydrogen-bond donors (Lipinski definition) is 1. The van der Waals surface area contributed by atoms with E-state index in [0.717, 1.165) is 30.9 Å². The average molecular weight is 312 g/mol. The van der Waals surface area contributed by atoms with Crippen LogP contribution in [-0.4, -0.2) is 28.3 Å². The molecule has 120 valence electrons. The van der Waals surface area contributed by atoms with Crippen LogP contribution in [0.4, 0.5) is 11.5 Å². The van der Waals surface area contributed by atoms with Crippen molar-refractivity contribution in [2.24, 2.45) is 7.05 Å². The monoisotopic (exact) mass is 312 g/mol. The lowest BCUT2D eigenvalue weighted by molar-refractivity contribution is -0.120. The van der Waals surface area contributed by atoms with Gasteiger partial charge in [-0.05, 0) is 36.1 Å². The number of carbonyl (C=O) groups excluding carboxylic acids is 1. The molecule has 1 amide bonds. The molecular weight excluding hydrogens is 292 g/mol. The van der Waals surface area contributed by atoms with E-state index in [1.807, 2.05) is 25.4 Å². The van der Waals surface area contributed by atoms with Crippen molar-refractivity contribution in [1.29, 1.82) is 0 Å². The number of aryl methyl sites for hydroxylation is 1. The highest BCUT2D eigenvalue weighted by Gasteiger charge is 2.30. The van der Waals surface area contributed by atoms with Crippen molar-refractivity contribution >= 4 is 17.4 Å². The summed E-state index contributed by atoms with van der Waals surface area (Å²) in [6.45, 7) is 2.07. The molecule has 1 fully saturated rings. The van der Waals surface area contributed by atoms with Crippen LogP contribution in [0.5, 0.6) is 0 Å². The quantitative estimate of drug-likeness (QED) is 0.942. The smallest absolute Gasteiger partial charge is 0.250 e. The van der Waals surface area contributed by atoms with Crippen LogP contribution in [0.25, 0.3) is 0 Å². The van der Waals surface area contributed by atoms with E-state index in [4.69, 9.17) is 4.74 Å². The molecule has 1 N–H and O–H groups in total. The predicted octanol–water partition coefficient (Wildman–Crippen LogP) is 2.06. The Kier molecular flexibility index (Phi) is 3.53. The maximum Gasteiger partial charge on any atom is 0.250 e. The van der Waals surface area contributed by atoms with Gasteiger partial charge in [0.25, 0.3) is 5.91 Å². The highest BCUT2D eigenvalue weighted by Crippen LogP contribution is 2.26. The summed E-state index contributed by atoms with van der Waals surface area (Å²) in [5, 5.41) is 7.74. The Morgan fingerprint density at radius 2 is 2.13 bits per heavy atom. The molecule has 1 aromatic carbocycles. The van der Waals surface area contributed by atoms with E-state index in [1.165, 1.54) is 11.1 Å². The Hall–Kier alpha value is -2.34. The summed E-state index contributed by atoms with van der Waals surface area (Å²) in [4.78, 5) is 14.5. The van der Waals surface area contributed by atoms with E-state index in [0.29, 0.717) is 13.2 Å². The van der Waals surface area contributed by atoms with Crippen molar-refractivity contribution in [1.82, 2.24) is 9.78 Å². The van der Waals surface area contributed by atoms with Gasteiger partial charge < -0.3 is 10.1 Å². The fourth-order valence-electron chi connectivity index (χ4n) is 3.25. The fourth-order valence-corrected chi connectivity index (χ4v) is 3.25. The number of amides is 1. The largest absolute Gasteiger partial charge is 0.374 e. The third-order valence-electron chi connectivity index (χ3n) is 4.48. The first-order valence-electron chi connectivity index (χ1n) is 7.98. The minimum atomic E-state index is -0.203. The van der Waals surface area contributed by atoms with Gasteiger partial charge in [-0.25, -0.2) is 0 Å². The van der Waals surface area contributed by atoms with Crippen LogP contribution < -0.4 is 10.2 Å². The number of carbonyl (C=O) groups is 1. The normalized spacial score (nSPS) is 20.7. The average Bonchev–Trinajstić information content (AvgIpc) is 3.17. The van der Waals surface area contributed by atoms with Crippen molar-refractivity contribution in [2.75, 3.05) is 16.8 Å². The molecule has 3 heterocycles. The number of nitrogens with one attached hydrogen (secondary N) is 1. The van der Waals surface area contributed by atoms with Crippen LogP contribution >= 0.6 is 0 Å². The molecular formula is C17H20N4O2. The van der Waals surface area contributed by atoms with Gasteiger partial charge in [0.15, 0.2) is 5.82 Å². The highest BCUT2D eigenvalue weighted by atomic mass is 16.5. The van der Waals surface area contributed by atoms with Crippen LogP contribution in [-0.2, 0) is 29.8 Å². The molecule has 4 rings (SSSR count). The number of hydrogen-bond acceptors (Lipinski definition) is 4. The summed E-state index contributed by atoms with van der Waals surface area (Å²) in [6.07, 6.45) is 3.67. The van der Waals surface area contributed by atoms with Gasteiger partial charge in [0.2, 0.25) is 0 Å². The molecule has 0 spiro atoms. The first-order valence-corrected chi connectivity index (χ1v) is 7.98. The first-order chi connectivity index (χ1) is 11.2. The molecule has 2 aromatic rings. The lowest BCUT2D eigenvalue weighted by Gasteiger charge is -2.31. The summed E-state index contributed by atoms with van der Waals surface area (Å²) in [5.74, 6) is 0.818. The predicted molar refractivity (Wildman–Crippen MR) is 87.1 cm³/mol. The van der Waals surface area contributed by atoms with Crippen LogP contribution in [0.1, 0.15) is 24.0 Å². The summed E-state index contributed by atoms with van der Waals surface area (Å²) < 4.78 is 7.17. The van der Waals surface area contributed by atoms with E-state index in [2.05, 4.69) is 22.5 Å². The fraction of sp³-hybridized carbons (Fsp3) is 0.412. The second-order valence-corrected chi connectivity index (χ2v) is 6.15. The molecule has 0 saturated carbocycles. The Bertz CT molecular complexity index is 740. The van der Waals surface area contributed by atoms with Crippen molar-refractivity contribution in [2.45, 2.75) is 32.1 Å². The van der Waals surface area contributed by atoms with Gasteiger partial charge >= 0.3 is 0 Å². The number of anilines is 2. The van der Waals surface area contributed by atoms with Gasteiger partial charge in [-0.2, -0.15) is 5.10 Å². The number of rotatable bonds is 3. The molecule has 0 bridgehead atoms. The standard InChI is InChI=1S/C17H20N4O2/c1-20-8-6-16(19-20)21-7-2-3-15(17(21)22)18-14-5-4-12-10-23-11-13(12)9-14/h4-6,8-9,15,18H,2-3,7,10-11H2,1H3. The van der Waals surface area contributed by atoms with Crippen LogP contribution in [0.15, 0.2) is 30.5 Å². The molecule has 6 nitrogen and oxygen atoms in total. The summed E-state index contributed by atoms with van der Waals surface area (Å²) in [5.41, 5.74) is 3.43. The second-order valence-electron chi connectivity index (χ2n) is 6.15. The first kappa shape index (κ1) is 14.3. The molecule has 0 radical (unpaired) electrons. The zero-order valence-corrected chi connectivity index (χ0v) is 13.2. The number of benzene rings is 1. The topological polar surface area (TPSA) is 59.4 Å². The number of nitrogens with zero attached hydrogens (tertiary/aromatic N) is 3. The Morgan fingerprint density at radius 3 is 2.96 bits per heavy atom. The van der Waals surface area contributed by atoms with Crippen molar-refractivity contribution in [3.05, 3.63) is 41.6 Å². The molecule has 0 aliphatic carbocycles. The Morgan fingerprint density at radius 1 is 1.26 bits per heavy atom. The second kappa shape index (κ2) is 5.70. The molecule has 6 heteroatoms. The minimum absolute atomic E-state index is 0.0895. The summed E-state index contributed by atoms with van der Waals surface area (Å²) in [7, 11) is 1.86. The Balaban J connectivity index is 1.51. The molecule has 1 unspecified atom stereocenters. The SMILES string of the molecule is Cn1ccc(N2CCCC(Nc3ccc4c(c3)COC4)C2=O)n1. The maximum atomic E-state index is 12.8. The maximum absolute atomic E-state index is 12.8. The molecule has 2 aliphatic heterocycles. The zero-order valence-electron chi connectivity index (χ0n) is 13.2. The Labute approximate surface area is 135 Å². The molecule has 2 aliphatic rings. The van der Waals surface area contributed by atoms with Crippen molar-refractivity contribution in [3.8, 4) is 0 Å². The number of fused-ring (bicyclic) bond motifs is 1. The van der Waals surface area contributed by atoms with Gasteiger partial charge in [0.1, 0.15) is 6.04 Å². The highest BCUT2D eigenvalue weighted by molar-refractivity contribution is 5.98. The third kappa shape index (κ3) is 2.70. The minimum Gasteiger partial charge on any atom is -0.374 e. The van der Waals surface area contributed by atoms with E-state index >= 15 is 0 Å². The van der Waals surface area contributed by atoms with Gasteiger partial charge in [-0.3, -0.25) is 14.4 Å². The van der Waals surface area contributed by atoms with E-state index < -0.39 is 0 Å². The van der Waals surface area contributed by atoms with Crippen molar-refractivity contribution < 1.29 is 9.53 Å². The lowest BCUT2D eigenvalue weighted by atomic mass is 10.0. The van der Waals surface area contributed by atoms with Gasteiger partial charge in [-0.15, -0.1) is 0 Å². The molecule has 1 saturated heterocycles. The third-order valence-corrected chi connectivity index (χ3v) is 4.48. The number of ether oxygens (including phenoxy) is 1. The van der Waals surface area contributed by atoms with E-state index in [1.54, 1.807) is 9.58 Å². The molecule has 1 aromatic heterocycles. The number of aromatic nitrogens is 2. The van der Waals surface area contributed by atoms with E-state index in [9.17, 15) is 4.79 Å². The van der Waals surface area contributed by atoms with Gasteiger partial charge in [0.05, 0.1) is 13.2 Å². The molecule has 1 atom stereocenters. The van der Waals surface area contributed by atoms with Crippen LogP contribution in [0.2, 0.25) is 0 Å². The van der Waals surface area contributed by atoms with Crippen LogP contribution in [0.3, 0.4) is 0 Å². The molecule has 23 heavy (non-hydrogen) atoms. The van der Waals surface area contributed by atoms with Gasteiger partial charge in [-0.1, -0.05) is 6.07 Å². The lowest BCUT2D eigenvalue weighted by Crippen LogP contribution is -2.48. The van der Waals surface area contributed by atoms with Gasteiger partial charge in [0, 0.05) is 31.5 Å². The zero-order chi connectivity index (χ0) is 15.8. The van der Waals surface area contributed by atoms with Crippen molar-refractivity contribution in [3.63, 3.8) is 0 Å².